The number of amides is 1. The summed E-state index contributed by atoms with van der Waals surface area (Å²) >= 11 is 0. The number of likely N-dealkylation sites (tertiary alicyclic amines) is 1. The summed E-state index contributed by atoms with van der Waals surface area (Å²) in [5.74, 6) is -0.878. The Kier molecular flexibility index (Phi) is 7.35. The van der Waals surface area contributed by atoms with Gasteiger partial charge in [0.15, 0.2) is 5.82 Å². The van der Waals surface area contributed by atoms with E-state index in [1.807, 2.05) is 30.3 Å². The largest absolute Gasteiger partial charge is 0.494 e. The minimum absolute atomic E-state index is 0.152. The van der Waals surface area contributed by atoms with E-state index in [0.29, 0.717) is 54.0 Å². The van der Waals surface area contributed by atoms with Crippen molar-refractivity contribution in [2.24, 2.45) is 15.7 Å². The van der Waals surface area contributed by atoms with Gasteiger partial charge >= 0.3 is 5.76 Å². The van der Waals surface area contributed by atoms with Gasteiger partial charge in [0.1, 0.15) is 12.1 Å². The van der Waals surface area contributed by atoms with Crippen LogP contribution in [0.1, 0.15) is 41.6 Å². The molecule has 0 saturated carbocycles. The Balaban J connectivity index is 1.41. The summed E-state index contributed by atoms with van der Waals surface area (Å²) in [7, 11) is 1.45. The number of nitrogens with zero attached hydrogens (tertiary/aromatic N) is 5. The van der Waals surface area contributed by atoms with Gasteiger partial charge in [-0.25, -0.2) is 24.9 Å². The number of hydrogen-bond acceptors (Lipinski definition) is 8. The van der Waals surface area contributed by atoms with E-state index in [-0.39, 0.29) is 17.3 Å². The number of nitrogens with two attached hydrogens (primary N) is 1. The first kappa shape index (κ1) is 26.3. The molecule has 4 heterocycles. The summed E-state index contributed by atoms with van der Waals surface area (Å²) in [6.45, 7) is 2.23. The molecule has 4 N–H and O–H groups in total. The van der Waals surface area contributed by atoms with Gasteiger partial charge in [-0.1, -0.05) is 35.9 Å². The Morgan fingerprint density at radius 1 is 1.20 bits per heavy atom. The van der Waals surface area contributed by atoms with Crippen LogP contribution in [0.5, 0.6) is 5.75 Å². The van der Waals surface area contributed by atoms with Crippen LogP contribution in [0.25, 0.3) is 16.5 Å². The number of aliphatic imine (C=N–C) groups is 2. The predicted molar refractivity (Wildman–Crippen MR) is 148 cm³/mol. The topological polar surface area (TPSA) is 185 Å². The lowest BCUT2D eigenvalue weighted by atomic mass is 9.92. The quantitative estimate of drug-likeness (QED) is 0.138. The summed E-state index contributed by atoms with van der Waals surface area (Å²) < 4.78 is 10.7. The van der Waals surface area contributed by atoms with E-state index in [1.165, 1.54) is 30.7 Å². The van der Waals surface area contributed by atoms with E-state index in [1.54, 1.807) is 6.92 Å². The number of aromatic amines is 2. The van der Waals surface area contributed by atoms with Gasteiger partial charge in [-0.05, 0) is 25.3 Å². The second-order valence-corrected chi connectivity index (χ2v) is 9.00. The summed E-state index contributed by atoms with van der Waals surface area (Å²) in [5, 5.41) is 6.73. The zero-order valence-corrected chi connectivity index (χ0v) is 21.8. The predicted octanol–water partition coefficient (Wildman–Crippen LogP) is 2.59. The Morgan fingerprint density at radius 3 is 2.60 bits per heavy atom. The molecule has 1 aromatic carbocycles. The third kappa shape index (κ3) is 5.16. The van der Waals surface area contributed by atoms with Crippen LogP contribution in [-0.4, -0.2) is 69.1 Å². The van der Waals surface area contributed by atoms with Gasteiger partial charge in [-0.3, -0.25) is 9.59 Å². The lowest BCUT2D eigenvalue weighted by Gasteiger charge is -2.29. The zero-order chi connectivity index (χ0) is 28.2. The third-order valence-electron chi connectivity index (χ3n) is 6.48. The molecule has 13 nitrogen and oxygen atoms in total. The normalized spacial score (nSPS) is 14.2. The molecule has 13 heteroatoms. The number of piperidine rings is 1. The van der Waals surface area contributed by atoms with E-state index in [9.17, 15) is 14.4 Å². The standard InChI is InChI=1S/C27H26N8O5/c1-15(28)31-14-32-24-22-21(19(39-2)13-30-24)18(12-29-22)23(36)26(37)35-10-8-17(9-11-35)20(16-6-4-3-5-7-16)25-33-34-27(38)40-25/h3-7,12-14,29H,8-11H2,1-2H3,(H,34,38)(H2,28,30,31,32). The van der Waals surface area contributed by atoms with Crippen molar-refractivity contribution in [2.45, 2.75) is 19.8 Å². The SMILES string of the molecule is COc1cnc(N=CN=C(C)N)c2[nH]cc(C(=O)C(=O)N3CCC(=C(c4ccccc4)c4n[nH]c(=O)o4)CC3)c12. The number of aromatic nitrogens is 4. The first-order chi connectivity index (χ1) is 19.4. The third-order valence-corrected chi connectivity index (χ3v) is 6.48. The summed E-state index contributed by atoms with van der Waals surface area (Å²) in [6, 6.07) is 9.45. The molecule has 4 aromatic rings. The van der Waals surface area contributed by atoms with E-state index < -0.39 is 17.4 Å². The molecular formula is C27H26N8O5. The smallest absolute Gasteiger partial charge is 0.434 e. The highest BCUT2D eigenvalue weighted by Crippen LogP contribution is 2.35. The van der Waals surface area contributed by atoms with Gasteiger partial charge in [0, 0.05) is 24.9 Å². The maximum absolute atomic E-state index is 13.4. The first-order valence-corrected chi connectivity index (χ1v) is 12.4. The molecule has 204 valence electrons. The molecule has 0 radical (unpaired) electrons. The minimum Gasteiger partial charge on any atom is -0.494 e. The highest BCUT2D eigenvalue weighted by molar-refractivity contribution is 6.45. The number of nitrogens with one attached hydrogen (secondary N) is 2. The lowest BCUT2D eigenvalue weighted by Crippen LogP contribution is -2.40. The fourth-order valence-electron chi connectivity index (χ4n) is 4.62. The molecule has 0 atom stereocenters. The highest BCUT2D eigenvalue weighted by Gasteiger charge is 2.30. The molecule has 0 aliphatic carbocycles. The van der Waals surface area contributed by atoms with Crippen LogP contribution in [-0.2, 0) is 4.79 Å². The monoisotopic (exact) mass is 542 g/mol. The maximum Gasteiger partial charge on any atom is 0.434 e. The number of carbonyl (C=O) groups excluding carboxylic acids is 2. The highest BCUT2D eigenvalue weighted by atomic mass is 16.5. The van der Waals surface area contributed by atoms with E-state index in [4.69, 9.17) is 14.9 Å². The zero-order valence-electron chi connectivity index (χ0n) is 21.8. The van der Waals surface area contributed by atoms with Crippen LogP contribution in [0.15, 0.2) is 67.5 Å². The number of Topliss-reactive ketones (excluding diaryl/α,β-unsaturated/α-hetero) is 1. The van der Waals surface area contributed by atoms with Gasteiger partial charge in [0.25, 0.3) is 11.7 Å². The number of ketones is 1. The number of hydrogen-bond donors (Lipinski definition) is 3. The number of methoxy groups -OCH3 is 1. The molecule has 0 unspecified atom stereocenters. The Bertz CT molecular complexity index is 1710. The number of amidine groups is 1. The number of ether oxygens (including phenoxy) is 1. The number of benzene rings is 1. The van der Waals surface area contributed by atoms with Crippen molar-refractivity contribution in [3.63, 3.8) is 0 Å². The van der Waals surface area contributed by atoms with Crippen molar-refractivity contribution in [1.29, 1.82) is 0 Å². The molecule has 1 aliphatic heterocycles. The summed E-state index contributed by atoms with van der Waals surface area (Å²) in [6.07, 6.45) is 5.09. The molecule has 3 aromatic heterocycles. The maximum atomic E-state index is 13.4. The fourth-order valence-corrected chi connectivity index (χ4v) is 4.62. The number of carbonyl (C=O) groups is 2. The van der Waals surface area contributed by atoms with Crippen molar-refractivity contribution in [1.82, 2.24) is 25.1 Å². The number of fused-ring (bicyclic) bond motifs is 1. The van der Waals surface area contributed by atoms with Crippen molar-refractivity contribution in [2.75, 3.05) is 20.2 Å². The second kappa shape index (κ2) is 11.2. The Morgan fingerprint density at radius 2 is 1.95 bits per heavy atom. The van der Waals surface area contributed by atoms with Crippen LogP contribution < -0.4 is 16.2 Å². The van der Waals surface area contributed by atoms with Gasteiger partial charge in [-0.2, -0.15) is 0 Å². The molecule has 1 amide bonds. The van der Waals surface area contributed by atoms with E-state index >= 15 is 0 Å². The van der Waals surface area contributed by atoms with Gasteiger partial charge in [-0.15, -0.1) is 5.10 Å². The van der Waals surface area contributed by atoms with E-state index in [0.717, 1.165) is 11.1 Å². The second-order valence-electron chi connectivity index (χ2n) is 9.00. The van der Waals surface area contributed by atoms with Crippen LogP contribution in [0.3, 0.4) is 0 Å². The number of H-pyrrole nitrogens is 2. The van der Waals surface area contributed by atoms with Crippen molar-refractivity contribution < 1.29 is 18.7 Å². The molecule has 1 saturated heterocycles. The molecule has 5 rings (SSSR count). The van der Waals surface area contributed by atoms with Crippen LogP contribution in [0.2, 0.25) is 0 Å². The van der Waals surface area contributed by atoms with Crippen molar-refractivity contribution in [3.05, 3.63) is 75.9 Å². The molecule has 0 bridgehead atoms. The van der Waals surface area contributed by atoms with E-state index in [2.05, 4.69) is 30.2 Å². The Labute approximate surface area is 227 Å². The van der Waals surface area contributed by atoms with Crippen LogP contribution >= 0.6 is 0 Å². The van der Waals surface area contributed by atoms with Crippen LogP contribution in [0.4, 0.5) is 5.82 Å². The molecule has 1 aliphatic rings. The molecular weight excluding hydrogens is 516 g/mol. The summed E-state index contributed by atoms with van der Waals surface area (Å²) in [5.41, 5.74) is 8.64. The van der Waals surface area contributed by atoms with Gasteiger partial charge < -0.3 is 24.8 Å². The molecule has 1 fully saturated rings. The summed E-state index contributed by atoms with van der Waals surface area (Å²) in [4.78, 5) is 55.3. The first-order valence-electron chi connectivity index (χ1n) is 12.4. The molecule has 40 heavy (non-hydrogen) atoms. The lowest BCUT2D eigenvalue weighted by molar-refractivity contribution is -0.126. The van der Waals surface area contributed by atoms with Crippen molar-refractivity contribution in [3.8, 4) is 5.75 Å². The molecule has 0 spiro atoms. The minimum atomic E-state index is -0.685. The average molecular weight is 543 g/mol. The van der Waals surface area contributed by atoms with Crippen LogP contribution in [0, 0.1) is 0 Å². The number of pyridine rings is 1. The van der Waals surface area contributed by atoms with Gasteiger partial charge in [0.05, 0.1) is 35.6 Å². The van der Waals surface area contributed by atoms with Gasteiger partial charge in [0.2, 0.25) is 5.89 Å². The fraction of sp³-hybridized carbons (Fsp3) is 0.222. The number of rotatable bonds is 7. The van der Waals surface area contributed by atoms with Crippen molar-refractivity contribution >= 4 is 46.2 Å². The average Bonchev–Trinajstić information content (AvgIpc) is 3.60. The Hall–Kier alpha value is -5.33.